The van der Waals surface area contributed by atoms with Gasteiger partial charge < -0.3 is 5.73 Å². The van der Waals surface area contributed by atoms with Crippen molar-refractivity contribution in [1.82, 2.24) is 4.31 Å². The van der Waals surface area contributed by atoms with E-state index in [-0.39, 0.29) is 17.5 Å². The van der Waals surface area contributed by atoms with Crippen LogP contribution in [0.25, 0.3) is 0 Å². The molecule has 1 aliphatic heterocycles. The number of amidine groups is 1. The van der Waals surface area contributed by atoms with Gasteiger partial charge in [-0.2, -0.15) is 0 Å². The lowest BCUT2D eigenvalue weighted by molar-refractivity contribution is 0.201. The molecule has 0 spiro atoms. The van der Waals surface area contributed by atoms with Crippen LogP contribution in [0, 0.1) is 5.82 Å². The summed E-state index contributed by atoms with van der Waals surface area (Å²) in [5.74, 6) is -0.235. The summed E-state index contributed by atoms with van der Waals surface area (Å²) in [5.41, 5.74) is 7.85. The van der Waals surface area contributed by atoms with E-state index in [1.807, 2.05) is 24.3 Å². The van der Waals surface area contributed by atoms with Gasteiger partial charge in [0.1, 0.15) is 12.0 Å². The Morgan fingerprint density at radius 1 is 1.17 bits per heavy atom. The quantitative estimate of drug-likeness (QED) is 0.809. The van der Waals surface area contributed by atoms with E-state index in [2.05, 4.69) is 23.1 Å². The van der Waals surface area contributed by atoms with Crippen LogP contribution in [-0.4, -0.2) is 15.6 Å². The van der Waals surface area contributed by atoms with Crippen molar-refractivity contribution in [1.29, 1.82) is 0 Å². The van der Waals surface area contributed by atoms with Gasteiger partial charge in [0.15, 0.2) is 5.17 Å². The molecule has 3 rings (SSSR count). The van der Waals surface area contributed by atoms with Gasteiger partial charge in [-0.25, -0.2) is 13.7 Å². The minimum Gasteiger partial charge on any atom is -0.377 e. The van der Waals surface area contributed by atoms with Crippen LogP contribution in [0.15, 0.2) is 53.5 Å². The summed E-state index contributed by atoms with van der Waals surface area (Å²) < 4.78 is 15.3. The van der Waals surface area contributed by atoms with Gasteiger partial charge >= 0.3 is 0 Å². The Morgan fingerprint density at radius 2 is 1.79 bits per heavy atom. The Balaban J connectivity index is 1.85. The number of nitrogens with zero attached hydrogens (tertiary/aromatic N) is 2. The van der Waals surface area contributed by atoms with E-state index in [4.69, 9.17) is 17.3 Å². The number of halogens is 2. The molecule has 2 aromatic rings. The smallest absolute Gasteiger partial charge is 0.171 e. The number of benzene rings is 2. The molecule has 126 valence electrons. The maximum atomic E-state index is 13.1. The highest BCUT2D eigenvalue weighted by Gasteiger charge is 2.39. The molecule has 6 heteroatoms. The highest BCUT2D eigenvalue weighted by Crippen LogP contribution is 2.40. The van der Waals surface area contributed by atoms with E-state index >= 15 is 0 Å². The minimum atomic E-state index is -0.287. The maximum Gasteiger partial charge on any atom is 0.171 e. The molecule has 24 heavy (non-hydrogen) atoms. The Labute approximate surface area is 150 Å². The van der Waals surface area contributed by atoms with Gasteiger partial charge in [0.25, 0.3) is 0 Å². The third-order valence-corrected chi connectivity index (χ3v) is 5.61. The predicted molar refractivity (Wildman–Crippen MR) is 99.4 cm³/mol. The summed E-state index contributed by atoms with van der Waals surface area (Å²) in [5, 5.41) is 1.26. The van der Waals surface area contributed by atoms with Crippen LogP contribution in [0.5, 0.6) is 0 Å². The molecule has 0 fully saturated rings. The standard InChI is InChI=1S/C18H19ClFN3S/c1-18(2,13-5-7-14(19)8-6-13)23-16(22-17(21)24-23)11-12-3-9-15(20)10-4-12/h3-10,16H,11H2,1-2H3,(H2,21,22). The van der Waals surface area contributed by atoms with Crippen molar-refractivity contribution in [2.45, 2.75) is 32.0 Å². The predicted octanol–water partition coefficient (Wildman–Crippen LogP) is 4.56. The first-order valence-electron chi connectivity index (χ1n) is 7.67. The average molecular weight is 364 g/mol. The monoisotopic (exact) mass is 363 g/mol. The number of rotatable bonds is 4. The molecule has 0 aliphatic carbocycles. The van der Waals surface area contributed by atoms with E-state index in [1.165, 1.54) is 24.1 Å². The molecule has 2 N–H and O–H groups in total. The molecule has 0 saturated heterocycles. The summed E-state index contributed by atoms with van der Waals surface area (Å²) >= 11 is 7.46. The zero-order valence-corrected chi connectivity index (χ0v) is 15.1. The SMILES string of the molecule is CC(C)(c1ccc(Cl)cc1)N1SC(N)=NC1Cc1ccc(F)cc1. The number of hydrogen-bond donors (Lipinski definition) is 1. The summed E-state index contributed by atoms with van der Waals surface area (Å²) in [6.07, 6.45) is 0.566. The fourth-order valence-corrected chi connectivity index (χ4v) is 3.89. The summed E-state index contributed by atoms with van der Waals surface area (Å²) in [6.45, 7) is 4.27. The summed E-state index contributed by atoms with van der Waals surface area (Å²) in [7, 11) is 0. The van der Waals surface area contributed by atoms with Crippen LogP contribution < -0.4 is 5.73 Å². The van der Waals surface area contributed by atoms with Crippen molar-refractivity contribution in [2.24, 2.45) is 10.7 Å². The van der Waals surface area contributed by atoms with E-state index in [0.717, 1.165) is 11.1 Å². The van der Waals surface area contributed by atoms with Crippen molar-refractivity contribution >= 4 is 28.7 Å². The van der Waals surface area contributed by atoms with Gasteiger partial charge in [0.2, 0.25) is 0 Å². The van der Waals surface area contributed by atoms with Crippen LogP contribution in [-0.2, 0) is 12.0 Å². The Kier molecular flexibility index (Phi) is 4.85. The van der Waals surface area contributed by atoms with E-state index in [0.29, 0.717) is 16.6 Å². The number of nitrogens with two attached hydrogens (primary N) is 1. The lowest BCUT2D eigenvalue weighted by atomic mass is 9.93. The minimum absolute atomic E-state index is 0.105. The highest BCUT2D eigenvalue weighted by atomic mass is 35.5. The molecular formula is C18H19ClFN3S. The topological polar surface area (TPSA) is 41.6 Å². The lowest BCUT2D eigenvalue weighted by Gasteiger charge is -2.37. The van der Waals surface area contributed by atoms with Crippen molar-refractivity contribution in [2.75, 3.05) is 0 Å². The second kappa shape index (κ2) is 6.75. The molecule has 0 aromatic heterocycles. The molecule has 0 radical (unpaired) electrons. The number of aliphatic imine (C=N–C) groups is 1. The Hall–Kier alpha value is -1.56. The molecular weight excluding hydrogens is 345 g/mol. The van der Waals surface area contributed by atoms with Crippen LogP contribution in [0.1, 0.15) is 25.0 Å². The zero-order chi connectivity index (χ0) is 17.3. The molecule has 3 nitrogen and oxygen atoms in total. The molecule has 1 unspecified atom stereocenters. The normalized spacial score (nSPS) is 18.7. The molecule has 1 heterocycles. The first kappa shape index (κ1) is 17.3. The second-order valence-corrected chi connectivity index (χ2v) is 7.69. The molecule has 1 aliphatic rings. The third kappa shape index (κ3) is 3.58. The largest absolute Gasteiger partial charge is 0.377 e. The Morgan fingerprint density at radius 3 is 2.42 bits per heavy atom. The molecule has 1 atom stereocenters. The van der Waals surface area contributed by atoms with Gasteiger partial charge in [-0.1, -0.05) is 35.9 Å². The zero-order valence-electron chi connectivity index (χ0n) is 13.5. The van der Waals surface area contributed by atoms with Gasteiger partial charge in [0.05, 0.1) is 5.54 Å². The van der Waals surface area contributed by atoms with Crippen molar-refractivity contribution in [3.8, 4) is 0 Å². The van der Waals surface area contributed by atoms with E-state index in [1.54, 1.807) is 12.1 Å². The fraction of sp³-hybridized carbons (Fsp3) is 0.278. The Bertz CT molecular complexity index is 744. The second-order valence-electron chi connectivity index (χ2n) is 6.26. The van der Waals surface area contributed by atoms with Crippen molar-refractivity contribution < 1.29 is 4.39 Å². The fourth-order valence-electron chi connectivity index (χ4n) is 2.82. The van der Waals surface area contributed by atoms with Crippen LogP contribution >= 0.6 is 23.5 Å². The molecule has 0 amide bonds. The first-order chi connectivity index (χ1) is 11.4. The van der Waals surface area contributed by atoms with E-state index < -0.39 is 0 Å². The van der Waals surface area contributed by atoms with Gasteiger partial charge in [-0.05, 0) is 61.2 Å². The summed E-state index contributed by atoms with van der Waals surface area (Å²) in [6, 6.07) is 14.3. The third-order valence-electron chi connectivity index (χ3n) is 4.17. The van der Waals surface area contributed by atoms with Crippen molar-refractivity contribution in [3.63, 3.8) is 0 Å². The number of hydrogen-bond acceptors (Lipinski definition) is 4. The highest BCUT2D eigenvalue weighted by molar-refractivity contribution is 8.12. The molecule has 0 bridgehead atoms. The van der Waals surface area contributed by atoms with Gasteiger partial charge in [-0.3, -0.25) is 0 Å². The van der Waals surface area contributed by atoms with Gasteiger partial charge in [0, 0.05) is 11.4 Å². The maximum absolute atomic E-state index is 13.1. The molecule has 2 aromatic carbocycles. The first-order valence-corrected chi connectivity index (χ1v) is 8.82. The molecule has 0 saturated carbocycles. The van der Waals surface area contributed by atoms with Crippen LogP contribution in [0.3, 0.4) is 0 Å². The average Bonchev–Trinajstić information content (AvgIpc) is 2.91. The van der Waals surface area contributed by atoms with Crippen LogP contribution in [0.2, 0.25) is 5.02 Å². The lowest BCUT2D eigenvalue weighted by Crippen LogP contribution is -2.41. The summed E-state index contributed by atoms with van der Waals surface area (Å²) in [4.78, 5) is 4.56. The van der Waals surface area contributed by atoms with Crippen molar-refractivity contribution in [3.05, 3.63) is 70.5 Å². The van der Waals surface area contributed by atoms with Gasteiger partial charge in [-0.15, -0.1) is 0 Å². The van der Waals surface area contributed by atoms with Crippen LogP contribution in [0.4, 0.5) is 4.39 Å². The van der Waals surface area contributed by atoms with E-state index in [9.17, 15) is 4.39 Å².